The lowest BCUT2D eigenvalue weighted by molar-refractivity contribution is 0.783. The lowest BCUT2D eigenvalue weighted by Crippen LogP contribution is -2.16. The van der Waals surface area contributed by atoms with Crippen molar-refractivity contribution in [3.05, 3.63) is 45.4 Å². The van der Waals surface area contributed by atoms with Gasteiger partial charge < -0.3 is 10.6 Å². The number of halogens is 1. The van der Waals surface area contributed by atoms with E-state index in [1.807, 2.05) is 19.4 Å². The van der Waals surface area contributed by atoms with Gasteiger partial charge in [0, 0.05) is 29.5 Å². The van der Waals surface area contributed by atoms with Crippen LogP contribution >= 0.6 is 27.3 Å². The van der Waals surface area contributed by atoms with Crippen LogP contribution < -0.4 is 10.6 Å². The molecule has 0 aliphatic carbocycles. The van der Waals surface area contributed by atoms with Crippen LogP contribution in [0.3, 0.4) is 0 Å². The second-order valence-electron chi connectivity index (χ2n) is 4.33. The zero-order valence-corrected chi connectivity index (χ0v) is 12.8. The van der Waals surface area contributed by atoms with E-state index in [1.165, 1.54) is 5.56 Å². The summed E-state index contributed by atoms with van der Waals surface area (Å²) in [7, 11) is 2.05. The highest BCUT2D eigenvalue weighted by molar-refractivity contribution is 9.10. The zero-order chi connectivity index (χ0) is 13.1. The smallest absolute Gasteiger partial charge is 0.185 e. The molecule has 96 valence electrons. The summed E-state index contributed by atoms with van der Waals surface area (Å²) in [6.45, 7) is 2.80. The van der Waals surface area contributed by atoms with Gasteiger partial charge in [-0.1, -0.05) is 28.1 Å². The van der Waals surface area contributed by atoms with Crippen LogP contribution in [0.2, 0.25) is 0 Å². The summed E-state index contributed by atoms with van der Waals surface area (Å²) in [5.74, 6) is 0. The molecule has 0 saturated heterocycles. The highest BCUT2D eigenvalue weighted by Crippen LogP contribution is 2.23. The molecule has 2 rings (SSSR count). The second kappa shape index (κ2) is 5.82. The maximum Gasteiger partial charge on any atom is 0.185 e. The molecule has 1 aromatic carbocycles. The lowest BCUT2D eigenvalue weighted by Gasteiger charge is -2.15. The van der Waals surface area contributed by atoms with E-state index in [4.69, 9.17) is 5.73 Å². The van der Waals surface area contributed by atoms with Crippen LogP contribution in [0.4, 0.5) is 5.13 Å². The van der Waals surface area contributed by atoms with E-state index in [9.17, 15) is 0 Å². The number of nitrogens with two attached hydrogens (primary N) is 1. The van der Waals surface area contributed by atoms with Gasteiger partial charge in [-0.15, -0.1) is 11.3 Å². The molecule has 0 saturated carbocycles. The number of rotatable bonds is 4. The van der Waals surface area contributed by atoms with Crippen molar-refractivity contribution in [2.75, 3.05) is 11.9 Å². The first-order valence-electron chi connectivity index (χ1n) is 5.73. The maximum absolute atomic E-state index is 5.82. The van der Waals surface area contributed by atoms with E-state index in [1.54, 1.807) is 11.3 Å². The molecule has 1 heterocycles. The van der Waals surface area contributed by atoms with Crippen LogP contribution in [0.1, 0.15) is 24.2 Å². The summed E-state index contributed by atoms with van der Waals surface area (Å²) in [6.07, 6.45) is 0. The zero-order valence-electron chi connectivity index (χ0n) is 10.4. The van der Waals surface area contributed by atoms with Crippen molar-refractivity contribution in [1.82, 2.24) is 4.98 Å². The first-order chi connectivity index (χ1) is 8.56. The number of thiazole rings is 1. The molecule has 18 heavy (non-hydrogen) atoms. The minimum absolute atomic E-state index is 0.00363. The number of aromatic nitrogens is 1. The molecule has 3 nitrogen and oxygen atoms in total. The van der Waals surface area contributed by atoms with Crippen molar-refractivity contribution < 1.29 is 0 Å². The molecule has 1 unspecified atom stereocenters. The van der Waals surface area contributed by atoms with Crippen molar-refractivity contribution >= 4 is 32.4 Å². The molecule has 2 aromatic rings. The number of hydrogen-bond acceptors (Lipinski definition) is 4. The molecule has 1 aromatic heterocycles. The normalized spacial score (nSPS) is 12.4. The van der Waals surface area contributed by atoms with E-state index in [2.05, 4.69) is 50.1 Å². The Labute approximate surface area is 120 Å². The highest BCUT2D eigenvalue weighted by Gasteiger charge is 2.09. The number of benzene rings is 1. The van der Waals surface area contributed by atoms with Crippen LogP contribution in [0.5, 0.6) is 0 Å². The van der Waals surface area contributed by atoms with Crippen molar-refractivity contribution in [3.63, 3.8) is 0 Å². The van der Waals surface area contributed by atoms with Crippen LogP contribution in [0.25, 0.3) is 0 Å². The molecular weight excluding hydrogens is 310 g/mol. The molecule has 5 heteroatoms. The summed E-state index contributed by atoms with van der Waals surface area (Å²) >= 11 is 5.07. The summed E-state index contributed by atoms with van der Waals surface area (Å²) in [6, 6.07) is 8.33. The average Bonchev–Trinajstić information content (AvgIpc) is 2.81. The Morgan fingerprint density at radius 1 is 1.39 bits per heavy atom. The summed E-state index contributed by atoms with van der Waals surface area (Å²) in [5.41, 5.74) is 8.04. The topological polar surface area (TPSA) is 42.1 Å². The first kappa shape index (κ1) is 13.5. The third kappa shape index (κ3) is 3.31. The second-order valence-corrected chi connectivity index (χ2v) is 6.08. The van der Waals surface area contributed by atoms with Gasteiger partial charge in [-0.25, -0.2) is 4.98 Å². The SMILES string of the molecule is CC(N)c1csc(N(C)Cc2ccc(Br)cc2)n1. The van der Waals surface area contributed by atoms with Crippen molar-refractivity contribution in [3.8, 4) is 0 Å². The van der Waals surface area contributed by atoms with Gasteiger partial charge in [0.2, 0.25) is 0 Å². The molecule has 2 N–H and O–H groups in total. The summed E-state index contributed by atoms with van der Waals surface area (Å²) < 4.78 is 1.10. The predicted molar refractivity (Wildman–Crippen MR) is 81.0 cm³/mol. The van der Waals surface area contributed by atoms with Gasteiger partial charge in [-0.05, 0) is 24.6 Å². The van der Waals surface area contributed by atoms with Crippen LogP contribution in [0.15, 0.2) is 34.1 Å². The Morgan fingerprint density at radius 3 is 2.61 bits per heavy atom. The van der Waals surface area contributed by atoms with E-state index in [0.29, 0.717) is 0 Å². The molecule has 0 aliphatic rings. The quantitative estimate of drug-likeness (QED) is 0.934. The third-order valence-corrected chi connectivity index (χ3v) is 4.14. The van der Waals surface area contributed by atoms with Gasteiger partial charge in [0.15, 0.2) is 5.13 Å². The number of nitrogens with zero attached hydrogens (tertiary/aromatic N) is 2. The molecule has 0 aliphatic heterocycles. The van der Waals surface area contributed by atoms with E-state index in [0.717, 1.165) is 21.8 Å². The largest absolute Gasteiger partial charge is 0.347 e. The maximum atomic E-state index is 5.82. The Balaban J connectivity index is 2.06. The Bertz CT molecular complexity index is 507. The van der Waals surface area contributed by atoms with Gasteiger partial charge in [-0.3, -0.25) is 0 Å². The first-order valence-corrected chi connectivity index (χ1v) is 7.40. The van der Waals surface area contributed by atoms with E-state index < -0.39 is 0 Å². The fourth-order valence-electron chi connectivity index (χ4n) is 1.59. The molecule has 0 radical (unpaired) electrons. The molecule has 0 bridgehead atoms. The fraction of sp³-hybridized carbons (Fsp3) is 0.308. The van der Waals surface area contributed by atoms with Gasteiger partial charge in [0.1, 0.15) is 0 Å². The van der Waals surface area contributed by atoms with Crippen molar-refractivity contribution in [1.29, 1.82) is 0 Å². The standard InChI is InChI=1S/C13H16BrN3S/c1-9(15)12-8-18-13(16-12)17(2)7-10-3-5-11(14)6-4-10/h3-6,8-9H,7,15H2,1-2H3. The lowest BCUT2D eigenvalue weighted by atomic mass is 10.2. The van der Waals surface area contributed by atoms with E-state index in [-0.39, 0.29) is 6.04 Å². The fourth-order valence-corrected chi connectivity index (χ4v) is 2.75. The minimum Gasteiger partial charge on any atom is -0.347 e. The molecule has 0 amide bonds. The monoisotopic (exact) mass is 325 g/mol. The number of anilines is 1. The van der Waals surface area contributed by atoms with E-state index >= 15 is 0 Å². The Hall–Kier alpha value is -0.910. The summed E-state index contributed by atoms with van der Waals surface area (Å²) in [4.78, 5) is 6.67. The van der Waals surface area contributed by atoms with Crippen LogP contribution in [-0.2, 0) is 6.54 Å². The van der Waals surface area contributed by atoms with Gasteiger partial charge >= 0.3 is 0 Å². The van der Waals surface area contributed by atoms with Gasteiger partial charge in [-0.2, -0.15) is 0 Å². The minimum atomic E-state index is -0.00363. The Morgan fingerprint density at radius 2 is 2.06 bits per heavy atom. The molecule has 0 spiro atoms. The third-order valence-electron chi connectivity index (χ3n) is 2.64. The van der Waals surface area contributed by atoms with Gasteiger partial charge in [0.05, 0.1) is 5.69 Å². The number of hydrogen-bond donors (Lipinski definition) is 1. The summed E-state index contributed by atoms with van der Waals surface area (Å²) in [5, 5.41) is 3.03. The Kier molecular flexibility index (Phi) is 4.37. The highest BCUT2D eigenvalue weighted by atomic mass is 79.9. The van der Waals surface area contributed by atoms with Crippen molar-refractivity contribution in [2.45, 2.75) is 19.5 Å². The van der Waals surface area contributed by atoms with Gasteiger partial charge in [0.25, 0.3) is 0 Å². The molecule has 0 fully saturated rings. The average molecular weight is 326 g/mol. The van der Waals surface area contributed by atoms with Crippen LogP contribution in [-0.4, -0.2) is 12.0 Å². The van der Waals surface area contributed by atoms with Crippen molar-refractivity contribution in [2.24, 2.45) is 5.73 Å². The predicted octanol–water partition coefficient (Wildman–Crippen LogP) is 3.56. The van der Waals surface area contributed by atoms with Crippen LogP contribution in [0, 0.1) is 0 Å². The molecular formula is C13H16BrN3S. The molecule has 1 atom stereocenters.